The summed E-state index contributed by atoms with van der Waals surface area (Å²) < 4.78 is 10.4. The molecule has 0 unspecified atom stereocenters. The molecule has 0 aliphatic heterocycles. The molecule has 0 aliphatic carbocycles. The fraction of sp³-hybridized carbons (Fsp3) is 0.150. The predicted octanol–water partition coefficient (Wildman–Crippen LogP) is 3.51. The zero-order chi connectivity index (χ0) is 19.2. The Morgan fingerprint density at radius 2 is 1.59 bits per heavy atom. The van der Waals surface area contributed by atoms with Crippen molar-refractivity contribution in [2.24, 2.45) is 0 Å². The van der Waals surface area contributed by atoms with Crippen molar-refractivity contribution in [3.8, 4) is 11.5 Å². The van der Waals surface area contributed by atoms with Crippen molar-refractivity contribution >= 4 is 23.2 Å². The van der Waals surface area contributed by atoms with Gasteiger partial charge in [0, 0.05) is 24.4 Å². The van der Waals surface area contributed by atoms with Gasteiger partial charge in [0.2, 0.25) is 0 Å². The second-order valence-electron chi connectivity index (χ2n) is 5.73. The van der Waals surface area contributed by atoms with Crippen molar-refractivity contribution in [1.29, 1.82) is 0 Å². The van der Waals surface area contributed by atoms with Crippen LogP contribution in [-0.2, 0) is 0 Å². The Balaban J connectivity index is 1.74. The second-order valence-corrected chi connectivity index (χ2v) is 5.73. The number of hydrogen-bond donors (Lipinski definition) is 1. The molecule has 3 aromatic rings. The van der Waals surface area contributed by atoms with Gasteiger partial charge in [-0.15, -0.1) is 10.2 Å². The van der Waals surface area contributed by atoms with Gasteiger partial charge in [-0.3, -0.25) is 4.79 Å². The standard InChI is InChI=1S/C20H20N4O3/c1-24(15-7-5-4-6-8-15)19-10-9-18(22-23-19)21-20(25)14-11-16(26-2)13-17(12-14)27-3/h4-13H,1-3H3,(H,21,22,25). The van der Waals surface area contributed by atoms with Gasteiger partial charge in [-0.25, -0.2) is 0 Å². The van der Waals surface area contributed by atoms with Crippen LogP contribution in [0.2, 0.25) is 0 Å². The molecule has 27 heavy (non-hydrogen) atoms. The second kappa shape index (κ2) is 8.18. The minimum absolute atomic E-state index is 0.328. The van der Waals surface area contributed by atoms with Crippen molar-refractivity contribution < 1.29 is 14.3 Å². The third kappa shape index (κ3) is 4.33. The van der Waals surface area contributed by atoms with Crippen molar-refractivity contribution in [3.63, 3.8) is 0 Å². The first-order valence-corrected chi connectivity index (χ1v) is 8.27. The molecule has 3 rings (SSSR count). The zero-order valence-electron chi connectivity index (χ0n) is 15.3. The largest absolute Gasteiger partial charge is 0.497 e. The van der Waals surface area contributed by atoms with Crippen LogP contribution in [0.4, 0.5) is 17.3 Å². The van der Waals surface area contributed by atoms with Gasteiger partial charge in [0.05, 0.1) is 14.2 Å². The van der Waals surface area contributed by atoms with E-state index in [2.05, 4.69) is 15.5 Å². The van der Waals surface area contributed by atoms with E-state index in [0.29, 0.717) is 28.7 Å². The van der Waals surface area contributed by atoms with Crippen LogP contribution in [0.1, 0.15) is 10.4 Å². The number of amides is 1. The molecule has 0 fully saturated rings. The topological polar surface area (TPSA) is 76.6 Å². The Morgan fingerprint density at radius 3 is 2.15 bits per heavy atom. The number of anilines is 3. The average molecular weight is 364 g/mol. The third-order valence-corrected chi connectivity index (χ3v) is 3.99. The first-order chi connectivity index (χ1) is 13.1. The van der Waals surface area contributed by atoms with E-state index >= 15 is 0 Å². The van der Waals surface area contributed by atoms with Crippen molar-refractivity contribution in [2.75, 3.05) is 31.5 Å². The van der Waals surface area contributed by atoms with Crippen molar-refractivity contribution in [3.05, 3.63) is 66.2 Å². The summed E-state index contributed by atoms with van der Waals surface area (Å²) in [4.78, 5) is 14.4. The lowest BCUT2D eigenvalue weighted by atomic mass is 10.2. The Bertz CT molecular complexity index is 892. The van der Waals surface area contributed by atoms with Crippen molar-refractivity contribution in [1.82, 2.24) is 10.2 Å². The van der Waals surface area contributed by atoms with Crippen LogP contribution in [0.25, 0.3) is 0 Å². The minimum Gasteiger partial charge on any atom is -0.497 e. The number of carbonyl (C=O) groups excluding carboxylic acids is 1. The number of ether oxygens (including phenoxy) is 2. The van der Waals surface area contributed by atoms with Crippen LogP contribution < -0.4 is 19.7 Å². The molecular formula is C20H20N4O3. The number of aromatic nitrogens is 2. The van der Waals surface area contributed by atoms with Gasteiger partial charge < -0.3 is 19.7 Å². The summed E-state index contributed by atoms with van der Waals surface area (Å²) in [6.07, 6.45) is 0. The maximum atomic E-state index is 12.5. The molecule has 0 spiro atoms. The minimum atomic E-state index is -0.328. The fourth-order valence-corrected chi connectivity index (χ4v) is 2.48. The summed E-state index contributed by atoms with van der Waals surface area (Å²) in [5.74, 6) is 1.76. The molecule has 2 aromatic carbocycles. The van der Waals surface area contributed by atoms with Crippen molar-refractivity contribution in [2.45, 2.75) is 0 Å². The Kier molecular flexibility index (Phi) is 5.51. The maximum Gasteiger partial charge on any atom is 0.257 e. The zero-order valence-corrected chi connectivity index (χ0v) is 15.3. The Hall–Kier alpha value is -3.61. The quantitative estimate of drug-likeness (QED) is 0.721. The summed E-state index contributed by atoms with van der Waals surface area (Å²) in [5, 5.41) is 11.0. The highest BCUT2D eigenvalue weighted by molar-refractivity contribution is 6.04. The molecule has 1 N–H and O–H groups in total. The third-order valence-electron chi connectivity index (χ3n) is 3.99. The van der Waals surface area contributed by atoms with E-state index in [0.717, 1.165) is 5.69 Å². The van der Waals surface area contributed by atoms with Crippen LogP contribution in [0, 0.1) is 0 Å². The summed E-state index contributed by atoms with van der Waals surface area (Å²) in [6.45, 7) is 0. The Labute approximate surface area is 157 Å². The molecule has 1 aromatic heterocycles. The lowest BCUT2D eigenvalue weighted by Gasteiger charge is -2.17. The van der Waals surface area contributed by atoms with Crippen LogP contribution in [0.3, 0.4) is 0 Å². The molecule has 1 amide bonds. The summed E-state index contributed by atoms with van der Waals surface area (Å²) in [7, 11) is 4.97. The number of benzene rings is 2. The van der Waals surface area contributed by atoms with Gasteiger partial charge >= 0.3 is 0 Å². The highest BCUT2D eigenvalue weighted by Crippen LogP contribution is 2.24. The van der Waals surface area contributed by atoms with Crippen LogP contribution in [0.5, 0.6) is 11.5 Å². The maximum absolute atomic E-state index is 12.5. The molecule has 0 radical (unpaired) electrons. The monoisotopic (exact) mass is 364 g/mol. The van der Waals surface area contributed by atoms with E-state index in [9.17, 15) is 4.79 Å². The van der Waals surface area contributed by atoms with E-state index in [1.807, 2.05) is 42.3 Å². The van der Waals surface area contributed by atoms with Gasteiger partial charge in [0.15, 0.2) is 11.6 Å². The van der Waals surface area contributed by atoms with E-state index in [1.165, 1.54) is 14.2 Å². The summed E-state index contributed by atoms with van der Waals surface area (Å²) in [5.41, 5.74) is 1.39. The predicted molar refractivity (Wildman–Crippen MR) is 104 cm³/mol. The van der Waals surface area contributed by atoms with Gasteiger partial charge in [-0.1, -0.05) is 18.2 Å². The van der Waals surface area contributed by atoms with Gasteiger partial charge in [-0.05, 0) is 36.4 Å². The molecule has 7 nitrogen and oxygen atoms in total. The molecule has 1 heterocycles. The number of para-hydroxylation sites is 1. The highest BCUT2D eigenvalue weighted by Gasteiger charge is 2.12. The lowest BCUT2D eigenvalue weighted by Crippen LogP contribution is -2.15. The molecule has 0 saturated carbocycles. The number of carbonyl (C=O) groups is 1. The first kappa shape index (κ1) is 18.2. The van der Waals surface area contributed by atoms with E-state index in [4.69, 9.17) is 9.47 Å². The average Bonchev–Trinajstić information content (AvgIpc) is 2.74. The molecule has 0 aliphatic rings. The van der Waals surface area contributed by atoms with E-state index < -0.39 is 0 Å². The molecule has 0 saturated heterocycles. The molecule has 7 heteroatoms. The van der Waals surface area contributed by atoms with Crippen LogP contribution in [-0.4, -0.2) is 37.4 Å². The van der Waals surface area contributed by atoms with E-state index in [1.54, 1.807) is 30.3 Å². The highest BCUT2D eigenvalue weighted by atomic mass is 16.5. The Morgan fingerprint density at radius 1 is 0.926 bits per heavy atom. The lowest BCUT2D eigenvalue weighted by molar-refractivity contribution is 0.102. The van der Waals surface area contributed by atoms with Gasteiger partial charge in [-0.2, -0.15) is 0 Å². The number of hydrogen-bond acceptors (Lipinski definition) is 6. The summed E-state index contributed by atoms with van der Waals surface area (Å²) >= 11 is 0. The van der Waals surface area contributed by atoms with Crippen LogP contribution >= 0.6 is 0 Å². The SMILES string of the molecule is COc1cc(OC)cc(C(=O)Nc2ccc(N(C)c3ccccc3)nn2)c1. The number of nitrogens with zero attached hydrogens (tertiary/aromatic N) is 3. The molecule has 0 atom stereocenters. The number of methoxy groups -OCH3 is 2. The van der Waals surface area contributed by atoms with E-state index in [-0.39, 0.29) is 5.91 Å². The number of nitrogens with one attached hydrogen (secondary N) is 1. The summed E-state index contributed by atoms with van der Waals surface area (Å²) in [6, 6.07) is 18.3. The molecular weight excluding hydrogens is 344 g/mol. The first-order valence-electron chi connectivity index (χ1n) is 8.27. The van der Waals surface area contributed by atoms with Crippen LogP contribution in [0.15, 0.2) is 60.7 Å². The molecule has 138 valence electrons. The fourth-order valence-electron chi connectivity index (χ4n) is 2.48. The smallest absolute Gasteiger partial charge is 0.257 e. The number of rotatable bonds is 6. The molecule has 0 bridgehead atoms. The normalized spacial score (nSPS) is 10.2. The van der Waals surface area contributed by atoms with Gasteiger partial charge in [0.25, 0.3) is 5.91 Å². The van der Waals surface area contributed by atoms with Gasteiger partial charge in [0.1, 0.15) is 11.5 Å².